The molecule has 0 fully saturated rings. The predicted octanol–water partition coefficient (Wildman–Crippen LogP) is 6.45. The standard InChI is InChI=1S/C38H44ClN5O5/c1-4-6-18-42(19-7-5-2)38(48)33-20-26(3)44(41-33)34-17-16-29(40-36(46)25-49-35-15-11-10-14-32(35)39)22-31(34)37(47)43-23-28-13-9-8-12-27(28)21-30(43)24-45/h8-17,20,22,30,45H,4-7,18-19,21,23-25H2,1-3H3,(H,40,46)/t30-/m0/s1. The van der Waals surface area contributed by atoms with E-state index in [1.165, 1.54) is 0 Å². The first kappa shape index (κ1) is 35.6. The molecule has 0 bridgehead atoms. The number of aromatic nitrogens is 2. The number of nitrogens with zero attached hydrogens (tertiary/aromatic N) is 4. The zero-order valence-electron chi connectivity index (χ0n) is 28.3. The Morgan fingerprint density at radius 1 is 0.980 bits per heavy atom. The molecule has 0 saturated heterocycles. The van der Waals surface area contributed by atoms with Gasteiger partial charge in [0, 0.05) is 31.0 Å². The number of benzene rings is 3. The number of fused-ring (bicyclic) bond motifs is 1. The number of anilines is 1. The molecule has 1 aliphatic heterocycles. The van der Waals surface area contributed by atoms with Gasteiger partial charge >= 0.3 is 0 Å². The van der Waals surface area contributed by atoms with Crippen LogP contribution in [0.5, 0.6) is 5.75 Å². The number of ether oxygens (including phenoxy) is 1. The van der Waals surface area contributed by atoms with E-state index in [1.54, 1.807) is 58.1 Å². The molecule has 3 aromatic carbocycles. The quantitative estimate of drug-likeness (QED) is 0.158. The van der Waals surface area contributed by atoms with Crippen molar-refractivity contribution >= 4 is 35.0 Å². The third-order valence-corrected chi connectivity index (χ3v) is 9.03. The molecule has 258 valence electrons. The van der Waals surface area contributed by atoms with E-state index in [4.69, 9.17) is 21.4 Å². The molecule has 3 amide bonds. The molecule has 0 radical (unpaired) electrons. The van der Waals surface area contributed by atoms with E-state index in [2.05, 4.69) is 19.2 Å². The number of hydrogen-bond acceptors (Lipinski definition) is 6. The summed E-state index contributed by atoms with van der Waals surface area (Å²) in [5, 5.41) is 18.3. The van der Waals surface area contributed by atoms with Crippen LogP contribution in [0.25, 0.3) is 5.69 Å². The van der Waals surface area contributed by atoms with Crippen molar-refractivity contribution in [1.29, 1.82) is 0 Å². The number of unbranched alkanes of at least 4 members (excludes halogenated alkanes) is 2. The summed E-state index contributed by atoms with van der Waals surface area (Å²) in [6, 6.07) is 21.1. The molecule has 0 saturated carbocycles. The SMILES string of the molecule is CCCCN(CCCC)C(=O)c1cc(C)n(-c2ccc(NC(=O)COc3ccccc3Cl)cc2C(=O)N2Cc3ccccc3C[C@H]2CO)n1. The fourth-order valence-electron chi connectivity index (χ4n) is 6.01. The van der Waals surface area contributed by atoms with Gasteiger partial charge in [0.1, 0.15) is 5.75 Å². The molecule has 0 unspecified atom stereocenters. The Morgan fingerprint density at radius 2 is 1.67 bits per heavy atom. The number of hydrogen-bond donors (Lipinski definition) is 2. The lowest BCUT2D eigenvalue weighted by molar-refractivity contribution is -0.118. The Hall–Kier alpha value is -4.67. The molecular weight excluding hydrogens is 642 g/mol. The number of halogens is 1. The zero-order valence-corrected chi connectivity index (χ0v) is 29.1. The number of aryl methyl sites for hydroxylation is 1. The maximum atomic E-state index is 14.5. The van der Waals surface area contributed by atoms with Crippen LogP contribution in [0, 0.1) is 6.92 Å². The van der Waals surface area contributed by atoms with Crippen molar-refractivity contribution in [3.05, 3.63) is 106 Å². The van der Waals surface area contributed by atoms with Crippen molar-refractivity contribution in [3.63, 3.8) is 0 Å². The van der Waals surface area contributed by atoms with Crippen LogP contribution in [0.2, 0.25) is 5.02 Å². The number of amides is 3. The van der Waals surface area contributed by atoms with Crippen LogP contribution in [0.1, 0.15) is 77.2 Å². The Morgan fingerprint density at radius 3 is 2.37 bits per heavy atom. The highest BCUT2D eigenvalue weighted by molar-refractivity contribution is 6.32. The second-order valence-corrected chi connectivity index (χ2v) is 12.7. The van der Waals surface area contributed by atoms with Gasteiger partial charge in [-0.1, -0.05) is 74.7 Å². The second kappa shape index (κ2) is 16.6. The molecule has 4 aromatic rings. The Labute approximate surface area is 292 Å². The number of nitrogens with one attached hydrogen (secondary N) is 1. The van der Waals surface area contributed by atoms with Crippen molar-refractivity contribution in [1.82, 2.24) is 19.6 Å². The Balaban J connectivity index is 1.48. The van der Waals surface area contributed by atoms with Gasteiger partial charge in [-0.15, -0.1) is 0 Å². The molecule has 49 heavy (non-hydrogen) atoms. The summed E-state index contributed by atoms with van der Waals surface area (Å²) in [7, 11) is 0. The summed E-state index contributed by atoms with van der Waals surface area (Å²) in [5.41, 5.74) is 4.17. The molecule has 1 aromatic heterocycles. The lowest BCUT2D eigenvalue weighted by atomic mass is 9.93. The Bertz CT molecular complexity index is 1780. The molecule has 10 nitrogen and oxygen atoms in total. The molecule has 1 aliphatic rings. The van der Waals surface area contributed by atoms with Crippen molar-refractivity contribution < 1.29 is 24.2 Å². The molecule has 5 rings (SSSR count). The normalized spacial score (nSPS) is 13.9. The maximum absolute atomic E-state index is 14.5. The van der Waals surface area contributed by atoms with Crippen LogP contribution in [0.4, 0.5) is 5.69 Å². The smallest absolute Gasteiger partial charge is 0.274 e. The van der Waals surface area contributed by atoms with Gasteiger partial charge in [0.05, 0.1) is 28.9 Å². The summed E-state index contributed by atoms with van der Waals surface area (Å²) >= 11 is 6.18. The predicted molar refractivity (Wildman–Crippen MR) is 190 cm³/mol. The second-order valence-electron chi connectivity index (χ2n) is 12.3. The summed E-state index contributed by atoms with van der Waals surface area (Å²) in [5.74, 6) is -0.531. The van der Waals surface area contributed by atoms with E-state index in [1.807, 2.05) is 36.1 Å². The van der Waals surface area contributed by atoms with E-state index >= 15 is 0 Å². The first-order valence-corrected chi connectivity index (χ1v) is 17.3. The number of rotatable bonds is 14. The van der Waals surface area contributed by atoms with Crippen LogP contribution in [-0.2, 0) is 17.8 Å². The zero-order chi connectivity index (χ0) is 34.9. The number of para-hydroxylation sites is 1. The van der Waals surface area contributed by atoms with Gasteiger partial charge in [0.2, 0.25) is 0 Å². The van der Waals surface area contributed by atoms with Crippen LogP contribution < -0.4 is 10.1 Å². The highest BCUT2D eigenvalue weighted by Crippen LogP contribution is 2.29. The number of aliphatic hydroxyl groups is 1. The van der Waals surface area contributed by atoms with E-state index in [0.29, 0.717) is 59.6 Å². The number of carbonyl (C=O) groups is 3. The molecule has 2 N–H and O–H groups in total. The third kappa shape index (κ3) is 8.50. The monoisotopic (exact) mass is 685 g/mol. The van der Waals surface area contributed by atoms with Gasteiger partial charge in [-0.05, 0) is 73.7 Å². The van der Waals surface area contributed by atoms with Gasteiger partial charge in [-0.2, -0.15) is 5.10 Å². The van der Waals surface area contributed by atoms with Gasteiger partial charge < -0.3 is 25.0 Å². The minimum Gasteiger partial charge on any atom is -0.482 e. The van der Waals surface area contributed by atoms with Crippen molar-refractivity contribution in [2.45, 2.75) is 65.5 Å². The molecule has 0 spiro atoms. The third-order valence-electron chi connectivity index (χ3n) is 8.72. The van der Waals surface area contributed by atoms with Crippen LogP contribution in [0.3, 0.4) is 0 Å². The first-order valence-electron chi connectivity index (χ1n) is 16.9. The molecular formula is C38H44ClN5O5. The van der Waals surface area contributed by atoms with E-state index in [9.17, 15) is 19.5 Å². The average molecular weight is 686 g/mol. The fraction of sp³-hybridized carbons (Fsp3) is 0.368. The minimum absolute atomic E-state index is 0.146. The lowest BCUT2D eigenvalue weighted by Crippen LogP contribution is -2.46. The van der Waals surface area contributed by atoms with Crippen LogP contribution in [0.15, 0.2) is 72.8 Å². The van der Waals surface area contributed by atoms with Gasteiger partial charge in [0.15, 0.2) is 12.3 Å². The summed E-state index contributed by atoms with van der Waals surface area (Å²) in [6.45, 7) is 7.15. The minimum atomic E-state index is -0.445. The largest absolute Gasteiger partial charge is 0.482 e. The number of carbonyl (C=O) groups excluding carboxylic acids is 3. The highest BCUT2D eigenvalue weighted by atomic mass is 35.5. The van der Waals surface area contributed by atoms with Gasteiger partial charge in [-0.25, -0.2) is 4.68 Å². The maximum Gasteiger partial charge on any atom is 0.274 e. The van der Waals surface area contributed by atoms with Crippen molar-refractivity contribution in [2.75, 3.05) is 31.6 Å². The van der Waals surface area contributed by atoms with Crippen molar-refractivity contribution in [2.24, 2.45) is 0 Å². The highest BCUT2D eigenvalue weighted by Gasteiger charge is 2.32. The lowest BCUT2D eigenvalue weighted by Gasteiger charge is -2.36. The average Bonchev–Trinajstić information content (AvgIpc) is 3.51. The molecule has 1 atom stereocenters. The molecule has 0 aliphatic carbocycles. The van der Waals surface area contributed by atoms with Gasteiger partial charge in [-0.3, -0.25) is 14.4 Å². The van der Waals surface area contributed by atoms with E-state index in [0.717, 1.165) is 36.8 Å². The number of aliphatic hydroxyl groups excluding tert-OH is 1. The van der Waals surface area contributed by atoms with Crippen molar-refractivity contribution in [3.8, 4) is 11.4 Å². The fourth-order valence-corrected chi connectivity index (χ4v) is 6.20. The van der Waals surface area contributed by atoms with E-state index in [-0.39, 0.29) is 30.6 Å². The summed E-state index contributed by atoms with van der Waals surface area (Å²) in [4.78, 5) is 44.6. The summed E-state index contributed by atoms with van der Waals surface area (Å²) in [6.07, 6.45) is 4.25. The molecule has 11 heteroatoms. The van der Waals surface area contributed by atoms with Crippen LogP contribution >= 0.6 is 11.6 Å². The summed E-state index contributed by atoms with van der Waals surface area (Å²) < 4.78 is 7.22. The topological polar surface area (TPSA) is 117 Å². The molecule has 2 heterocycles. The van der Waals surface area contributed by atoms with E-state index < -0.39 is 11.9 Å². The Kier molecular flexibility index (Phi) is 12.1. The first-order chi connectivity index (χ1) is 23.7. The van der Waals surface area contributed by atoms with Crippen LogP contribution in [-0.4, -0.2) is 74.8 Å². The van der Waals surface area contributed by atoms with Gasteiger partial charge in [0.25, 0.3) is 17.7 Å².